The zero-order chi connectivity index (χ0) is 37.9. The standard InChI is InChI=1S/C56H32O2/c1-2-12-34-29-37(24-21-33(34)11-1)53-43-16-5-7-18-45(43)54(46-19-8-6-17-44(46)53)47-26-25-39(40-13-3-4-14-41(40)47)36-23-22-35-32-52-50(31-38(35)30-36)49-28-27-48-42-15-9-10-20-51(42)57-55(48)56(49)58-52/h1-32H. The summed E-state index contributed by atoms with van der Waals surface area (Å²) in [5.41, 5.74) is 10.7. The smallest absolute Gasteiger partial charge is 0.178 e. The van der Waals surface area contributed by atoms with Crippen LogP contribution in [0.4, 0.5) is 0 Å². The van der Waals surface area contributed by atoms with Crippen molar-refractivity contribution in [2.75, 3.05) is 0 Å². The van der Waals surface area contributed by atoms with Gasteiger partial charge in [0.05, 0.1) is 0 Å². The number of hydrogen-bond acceptors (Lipinski definition) is 2. The van der Waals surface area contributed by atoms with Gasteiger partial charge in [0, 0.05) is 21.5 Å². The van der Waals surface area contributed by atoms with E-state index in [0.29, 0.717) is 0 Å². The fraction of sp³-hybridized carbons (Fsp3) is 0. The summed E-state index contributed by atoms with van der Waals surface area (Å²) in [6, 6.07) is 70.7. The van der Waals surface area contributed by atoms with Crippen LogP contribution >= 0.6 is 0 Å². The summed E-state index contributed by atoms with van der Waals surface area (Å²) in [5, 5.41) is 16.6. The van der Waals surface area contributed by atoms with Gasteiger partial charge in [0.15, 0.2) is 11.2 Å². The average molecular weight is 737 g/mol. The molecule has 0 amide bonds. The van der Waals surface area contributed by atoms with Crippen LogP contribution in [0.15, 0.2) is 203 Å². The Bertz CT molecular complexity index is 3800. The molecule has 58 heavy (non-hydrogen) atoms. The molecule has 0 bridgehead atoms. The summed E-state index contributed by atoms with van der Waals surface area (Å²) in [5.74, 6) is 0. The topological polar surface area (TPSA) is 26.3 Å². The van der Waals surface area contributed by atoms with Gasteiger partial charge in [-0.3, -0.25) is 0 Å². The highest BCUT2D eigenvalue weighted by Crippen LogP contribution is 2.47. The number of para-hydroxylation sites is 1. The molecule has 11 aromatic carbocycles. The lowest BCUT2D eigenvalue weighted by molar-refractivity contribution is 0.633. The first-order chi connectivity index (χ1) is 28.7. The molecule has 0 aliphatic carbocycles. The number of rotatable bonds is 3. The van der Waals surface area contributed by atoms with Crippen molar-refractivity contribution in [1.29, 1.82) is 0 Å². The summed E-state index contributed by atoms with van der Waals surface area (Å²) in [4.78, 5) is 0. The zero-order valence-corrected chi connectivity index (χ0v) is 31.3. The van der Waals surface area contributed by atoms with Gasteiger partial charge in [-0.25, -0.2) is 0 Å². The van der Waals surface area contributed by atoms with Crippen LogP contribution < -0.4 is 0 Å². The van der Waals surface area contributed by atoms with Crippen molar-refractivity contribution >= 4 is 97.7 Å². The minimum Gasteiger partial charge on any atom is -0.452 e. The molecule has 0 atom stereocenters. The lowest BCUT2D eigenvalue weighted by atomic mass is 9.83. The first-order valence-corrected chi connectivity index (χ1v) is 19.9. The Morgan fingerprint density at radius 1 is 0.241 bits per heavy atom. The highest BCUT2D eigenvalue weighted by molar-refractivity contribution is 6.25. The highest BCUT2D eigenvalue weighted by Gasteiger charge is 2.20. The Balaban J connectivity index is 0.999. The Hall–Kier alpha value is -7.68. The minimum atomic E-state index is 0.797. The van der Waals surface area contributed by atoms with Gasteiger partial charge < -0.3 is 8.83 Å². The van der Waals surface area contributed by atoms with Gasteiger partial charge in [0.1, 0.15) is 11.2 Å². The summed E-state index contributed by atoms with van der Waals surface area (Å²) in [6.07, 6.45) is 0. The van der Waals surface area contributed by atoms with Crippen LogP contribution in [0.25, 0.3) is 131 Å². The third-order valence-electron chi connectivity index (χ3n) is 12.4. The number of benzene rings is 11. The fourth-order valence-corrected chi connectivity index (χ4v) is 9.77. The maximum Gasteiger partial charge on any atom is 0.178 e. The van der Waals surface area contributed by atoms with Crippen molar-refractivity contribution in [2.24, 2.45) is 0 Å². The molecule has 0 fully saturated rings. The van der Waals surface area contributed by atoms with E-state index < -0.39 is 0 Å². The molecule has 2 heterocycles. The van der Waals surface area contributed by atoms with E-state index in [1.54, 1.807) is 0 Å². The molecule has 0 radical (unpaired) electrons. The summed E-state index contributed by atoms with van der Waals surface area (Å²) >= 11 is 0. The summed E-state index contributed by atoms with van der Waals surface area (Å²) in [6.45, 7) is 0. The second-order valence-corrected chi connectivity index (χ2v) is 15.5. The van der Waals surface area contributed by atoms with Crippen molar-refractivity contribution in [2.45, 2.75) is 0 Å². The lowest BCUT2D eigenvalue weighted by Gasteiger charge is -2.20. The van der Waals surface area contributed by atoms with E-state index in [4.69, 9.17) is 8.83 Å². The minimum absolute atomic E-state index is 0.797. The first-order valence-electron chi connectivity index (χ1n) is 19.9. The van der Waals surface area contributed by atoms with Crippen LogP contribution in [0.2, 0.25) is 0 Å². The van der Waals surface area contributed by atoms with Crippen molar-refractivity contribution in [1.82, 2.24) is 0 Å². The van der Waals surface area contributed by atoms with Gasteiger partial charge in [-0.15, -0.1) is 0 Å². The molecular formula is C56H32O2. The second-order valence-electron chi connectivity index (χ2n) is 15.5. The molecule has 0 saturated heterocycles. The van der Waals surface area contributed by atoms with Gasteiger partial charge in [-0.05, 0) is 130 Å². The van der Waals surface area contributed by atoms with Crippen molar-refractivity contribution in [3.05, 3.63) is 194 Å². The van der Waals surface area contributed by atoms with E-state index >= 15 is 0 Å². The van der Waals surface area contributed by atoms with E-state index in [-0.39, 0.29) is 0 Å². The van der Waals surface area contributed by atoms with E-state index in [1.807, 2.05) is 12.1 Å². The maximum absolute atomic E-state index is 6.55. The molecular weight excluding hydrogens is 705 g/mol. The van der Waals surface area contributed by atoms with Crippen LogP contribution in [-0.2, 0) is 0 Å². The van der Waals surface area contributed by atoms with Crippen LogP contribution in [0, 0.1) is 0 Å². The number of hydrogen-bond donors (Lipinski definition) is 0. The Morgan fingerprint density at radius 3 is 1.48 bits per heavy atom. The second kappa shape index (κ2) is 11.9. The summed E-state index contributed by atoms with van der Waals surface area (Å²) < 4.78 is 12.9. The molecule has 0 saturated carbocycles. The normalized spacial score (nSPS) is 12.1. The van der Waals surface area contributed by atoms with E-state index in [0.717, 1.165) is 49.3 Å². The first kappa shape index (κ1) is 31.5. The van der Waals surface area contributed by atoms with Crippen LogP contribution in [0.1, 0.15) is 0 Å². The van der Waals surface area contributed by atoms with Gasteiger partial charge in [-0.1, -0.05) is 152 Å². The zero-order valence-electron chi connectivity index (χ0n) is 31.3. The third-order valence-corrected chi connectivity index (χ3v) is 12.4. The SMILES string of the molecule is c1ccc2cc(-c3c4ccccc4c(-c4ccc(-c5ccc6cc7oc8c(ccc9c%10ccccc%10oc98)c7cc6c5)c5ccccc45)c4ccccc34)ccc2c1. The molecule has 0 unspecified atom stereocenters. The fourth-order valence-electron chi connectivity index (χ4n) is 9.77. The molecule has 2 heteroatoms. The van der Waals surface area contributed by atoms with Crippen LogP contribution in [-0.4, -0.2) is 0 Å². The third kappa shape index (κ3) is 4.48. The molecule has 2 nitrogen and oxygen atoms in total. The van der Waals surface area contributed by atoms with E-state index in [9.17, 15) is 0 Å². The monoisotopic (exact) mass is 736 g/mol. The molecule has 0 aliphatic rings. The average Bonchev–Trinajstić information content (AvgIpc) is 3.85. The van der Waals surface area contributed by atoms with Crippen molar-refractivity contribution < 1.29 is 8.83 Å². The molecule has 0 N–H and O–H groups in total. The quantitative estimate of drug-likeness (QED) is 0.169. The van der Waals surface area contributed by atoms with Crippen molar-refractivity contribution in [3.63, 3.8) is 0 Å². The molecule has 0 spiro atoms. The Kier molecular flexibility index (Phi) is 6.47. The number of furan rings is 2. The predicted octanol–water partition coefficient (Wildman–Crippen LogP) is 16.3. The molecule has 268 valence electrons. The summed E-state index contributed by atoms with van der Waals surface area (Å²) in [7, 11) is 0. The predicted molar refractivity (Wildman–Crippen MR) is 245 cm³/mol. The van der Waals surface area contributed by atoms with E-state index in [1.165, 1.54) is 81.9 Å². The largest absolute Gasteiger partial charge is 0.452 e. The number of fused-ring (bicyclic) bond motifs is 12. The van der Waals surface area contributed by atoms with Crippen LogP contribution in [0.3, 0.4) is 0 Å². The molecule has 13 aromatic rings. The van der Waals surface area contributed by atoms with Crippen molar-refractivity contribution in [3.8, 4) is 33.4 Å². The highest BCUT2D eigenvalue weighted by atomic mass is 16.4. The van der Waals surface area contributed by atoms with Gasteiger partial charge in [0.2, 0.25) is 0 Å². The Morgan fingerprint density at radius 2 is 0.741 bits per heavy atom. The maximum atomic E-state index is 6.55. The van der Waals surface area contributed by atoms with E-state index in [2.05, 4.69) is 182 Å². The van der Waals surface area contributed by atoms with Gasteiger partial charge in [-0.2, -0.15) is 0 Å². The molecule has 2 aromatic heterocycles. The molecule has 0 aliphatic heterocycles. The lowest BCUT2D eigenvalue weighted by Crippen LogP contribution is -1.92. The van der Waals surface area contributed by atoms with Crippen LogP contribution in [0.5, 0.6) is 0 Å². The van der Waals surface area contributed by atoms with Gasteiger partial charge >= 0.3 is 0 Å². The molecule has 13 rings (SSSR count). The van der Waals surface area contributed by atoms with Gasteiger partial charge in [0.25, 0.3) is 0 Å². The Labute approximate surface area is 332 Å².